The van der Waals surface area contributed by atoms with Crippen molar-refractivity contribution in [3.8, 4) is 0 Å². The number of nitrogens with zero attached hydrogens (tertiary/aromatic N) is 2. The maximum atomic E-state index is 2.61. The van der Waals surface area contributed by atoms with Crippen molar-refractivity contribution < 1.29 is 0 Å². The molecule has 1 fully saturated rings. The van der Waals surface area contributed by atoms with Gasteiger partial charge in [0.25, 0.3) is 0 Å². The summed E-state index contributed by atoms with van der Waals surface area (Å²) in [7, 11) is 4.66. The van der Waals surface area contributed by atoms with Crippen LogP contribution in [-0.4, -0.2) is 23.6 Å². The first kappa shape index (κ1) is 21.4. The summed E-state index contributed by atoms with van der Waals surface area (Å²) in [5.41, 5.74) is 7.61. The van der Waals surface area contributed by atoms with Crippen LogP contribution in [0.5, 0.6) is 0 Å². The molecular weight excluding hydrogens is 515 g/mol. The van der Waals surface area contributed by atoms with Crippen molar-refractivity contribution in [3.05, 3.63) is 95.6 Å². The van der Waals surface area contributed by atoms with E-state index in [4.69, 9.17) is 0 Å². The fraction of sp³-hybridized carbons (Fsp3) is 0.367. The molecule has 3 heteroatoms. The lowest BCUT2D eigenvalue weighted by Crippen LogP contribution is -2.41. The van der Waals surface area contributed by atoms with Crippen LogP contribution >= 0.6 is 21.0 Å². The van der Waals surface area contributed by atoms with E-state index in [0.29, 0.717) is 17.9 Å². The molecule has 33 heavy (non-hydrogen) atoms. The topological polar surface area (TPSA) is 6.48 Å². The molecule has 2 heterocycles. The summed E-state index contributed by atoms with van der Waals surface area (Å²) in [4.78, 5) is 2.61. The maximum Gasteiger partial charge on any atom is 0.0490 e. The van der Waals surface area contributed by atoms with E-state index in [9.17, 15) is 0 Å². The van der Waals surface area contributed by atoms with Gasteiger partial charge in [-0.15, -0.1) is 0 Å². The second-order valence-corrected chi connectivity index (χ2v) is 13.9. The molecule has 0 aromatic heterocycles. The van der Waals surface area contributed by atoms with Gasteiger partial charge < -0.3 is 8.01 Å². The molecule has 3 aromatic rings. The second kappa shape index (κ2) is 7.43. The van der Waals surface area contributed by atoms with E-state index in [-0.39, 0.29) is 31.8 Å². The summed E-state index contributed by atoms with van der Waals surface area (Å²) in [6.45, 7) is 7.53. The van der Waals surface area contributed by atoms with Crippen molar-refractivity contribution in [2.24, 2.45) is 11.8 Å². The highest BCUT2D eigenvalue weighted by molar-refractivity contribution is 14.2. The number of hydrogen-bond donors (Lipinski definition) is 0. The lowest BCUT2D eigenvalue weighted by atomic mass is 9.71. The molecule has 3 aliphatic rings. The normalized spacial score (nSPS) is 29.2. The number of benzene rings is 3. The van der Waals surface area contributed by atoms with E-state index in [0.717, 1.165) is 6.42 Å². The predicted molar refractivity (Wildman–Crippen MR) is 150 cm³/mol. The molecule has 0 amide bonds. The minimum atomic E-state index is -0.223. The van der Waals surface area contributed by atoms with E-state index in [1.54, 1.807) is 0 Å². The number of fused-ring (bicyclic) bond motifs is 3. The van der Waals surface area contributed by atoms with E-state index < -0.39 is 0 Å². The number of halogens is 1. The van der Waals surface area contributed by atoms with Gasteiger partial charge in [-0.25, -0.2) is 0 Å². The van der Waals surface area contributed by atoms with Crippen LogP contribution in [0.25, 0.3) is 0 Å². The Hall–Kier alpha value is -2.14. The molecule has 4 atom stereocenters. The molecule has 3 aromatic carbocycles. The molecule has 0 spiro atoms. The van der Waals surface area contributed by atoms with Crippen LogP contribution in [0.2, 0.25) is 0 Å². The third-order valence-electron chi connectivity index (χ3n) is 8.51. The zero-order valence-corrected chi connectivity index (χ0v) is 22.4. The SMILES string of the molecule is CN1I=C(C2C3C2C(C)(C)c2ccccc2N3C)C(C)(Cc2ccccc2)c2ccccc21. The predicted octanol–water partition coefficient (Wildman–Crippen LogP) is 6.74. The Morgan fingerprint density at radius 3 is 2.09 bits per heavy atom. The Morgan fingerprint density at radius 1 is 0.758 bits per heavy atom. The Morgan fingerprint density at radius 2 is 1.36 bits per heavy atom. The van der Waals surface area contributed by atoms with Crippen LogP contribution in [0.3, 0.4) is 0 Å². The molecule has 6 rings (SSSR count). The fourth-order valence-electron chi connectivity index (χ4n) is 6.85. The smallest absolute Gasteiger partial charge is 0.0490 e. The van der Waals surface area contributed by atoms with E-state index in [1.165, 1.54) is 28.1 Å². The van der Waals surface area contributed by atoms with Gasteiger partial charge in [0.15, 0.2) is 0 Å². The van der Waals surface area contributed by atoms with Crippen molar-refractivity contribution >= 4 is 35.9 Å². The average Bonchev–Trinajstić information content (AvgIpc) is 3.58. The number of anilines is 2. The molecule has 4 unspecified atom stereocenters. The minimum Gasteiger partial charge on any atom is -0.370 e. The molecule has 1 saturated carbocycles. The summed E-state index contributed by atoms with van der Waals surface area (Å²) in [5, 5.41) is 0. The van der Waals surface area contributed by atoms with Crippen molar-refractivity contribution in [1.82, 2.24) is 0 Å². The number of rotatable bonds is 3. The average molecular weight is 549 g/mol. The monoisotopic (exact) mass is 548 g/mol. The van der Waals surface area contributed by atoms with E-state index >= 15 is 0 Å². The third-order valence-corrected chi connectivity index (χ3v) is 12.2. The Balaban J connectivity index is 1.48. The van der Waals surface area contributed by atoms with Crippen molar-refractivity contribution in [1.29, 1.82) is 0 Å². The molecular formula is C30H33IN2. The van der Waals surface area contributed by atoms with Crippen LogP contribution in [0.1, 0.15) is 37.5 Å². The zero-order chi connectivity index (χ0) is 23.0. The summed E-state index contributed by atoms with van der Waals surface area (Å²) >= 11 is -0.223. The Labute approximate surface area is 208 Å². The third kappa shape index (κ3) is 3.07. The van der Waals surface area contributed by atoms with E-state index in [2.05, 4.69) is 122 Å². The van der Waals surface area contributed by atoms with Crippen molar-refractivity contribution in [2.75, 3.05) is 22.1 Å². The second-order valence-electron chi connectivity index (χ2n) is 10.8. The van der Waals surface area contributed by atoms with Crippen molar-refractivity contribution in [3.63, 3.8) is 0 Å². The summed E-state index contributed by atoms with van der Waals surface area (Å²) in [6.07, 6.45) is 1.08. The first-order chi connectivity index (χ1) is 15.8. The summed E-state index contributed by atoms with van der Waals surface area (Å²) in [6, 6.07) is 30.0. The molecule has 0 saturated heterocycles. The maximum absolute atomic E-state index is 2.61. The van der Waals surface area contributed by atoms with Gasteiger partial charge in [-0.05, 0) is 71.1 Å². The van der Waals surface area contributed by atoms with Crippen LogP contribution in [0.15, 0.2) is 78.9 Å². The Bertz CT molecular complexity index is 1250. The molecule has 0 radical (unpaired) electrons. The highest BCUT2D eigenvalue weighted by Crippen LogP contribution is 2.64. The molecule has 2 aliphatic heterocycles. The number of hydrogen-bond acceptors (Lipinski definition) is 2. The standard InChI is InChI=1S/C30H33IN2/c1-29(2)21-15-9-11-17-23(21)32(4)27-25(26(27)29)28-30(3,19-20-13-7-6-8-14-20)22-16-10-12-18-24(22)33(5)31-28/h6-18,25-27H,19H2,1-5H3. The fourth-order valence-corrected chi connectivity index (χ4v) is 10.4. The summed E-state index contributed by atoms with van der Waals surface area (Å²) < 4.78 is 4.43. The molecule has 0 bridgehead atoms. The van der Waals surface area contributed by atoms with Crippen LogP contribution in [0, 0.1) is 11.8 Å². The lowest BCUT2D eigenvalue weighted by molar-refractivity contribution is 0.418. The molecule has 1 aliphatic carbocycles. The van der Waals surface area contributed by atoms with Gasteiger partial charge in [0.1, 0.15) is 0 Å². The van der Waals surface area contributed by atoms with E-state index in [1.807, 2.05) is 3.51 Å². The van der Waals surface area contributed by atoms with Gasteiger partial charge in [0.05, 0.1) is 0 Å². The first-order valence-electron chi connectivity index (χ1n) is 12.1. The van der Waals surface area contributed by atoms with Crippen LogP contribution in [0.4, 0.5) is 11.4 Å². The quantitative estimate of drug-likeness (QED) is 0.264. The Kier molecular flexibility index (Phi) is 4.82. The number of para-hydroxylation sites is 2. The lowest BCUT2D eigenvalue weighted by Gasteiger charge is -2.41. The van der Waals surface area contributed by atoms with Gasteiger partial charge >= 0.3 is 0 Å². The first-order valence-corrected chi connectivity index (χ1v) is 14.1. The zero-order valence-electron chi connectivity index (χ0n) is 20.2. The summed E-state index contributed by atoms with van der Waals surface area (Å²) in [5.74, 6) is 1.33. The van der Waals surface area contributed by atoms with Gasteiger partial charge in [-0.2, -0.15) is 0 Å². The van der Waals surface area contributed by atoms with Gasteiger partial charge in [-0.1, -0.05) is 87.5 Å². The van der Waals surface area contributed by atoms with Crippen molar-refractivity contribution in [2.45, 2.75) is 44.1 Å². The highest BCUT2D eigenvalue weighted by Gasteiger charge is 2.66. The van der Waals surface area contributed by atoms with Gasteiger partial charge in [-0.3, -0.25) is 0 Å². The molecule has 2 nitrogen and oxygen atoms in total. The minimum absolute atomic E-state index is 0.0723. The largest absolute Gasteiger partial charge is 0.370 e. The van der Waals surface area contributed by atoms with Crippen LogP contribution < -0.4 is 8.01 Å². The highest BCUT2D eigenvalue weighted by atomic mass is 127. The van der Waals surface area contributed by atoms with Gasteiger partial charge in [0.2, 0.25) is 0 Å². The van der Waals surface area contributed by atoms with Crippen LogP contribution in [-0.2, 0) is 17.3 Å². The molecule has 0 N–H and O–H groups in total. The van der Waals surface area contributed by atoms with Gasteiger partial charge in [0, 0.05) is 42.8 Å². The molecule has 170 valence electrons.